The highest BCUT2D eigenvalue weighted by molar-refractivity contribution is 7.12. The lowest BCUT2D eigenvalue weighted by atomic mass is 10.4. The summed E-state index contributed by atoms with van der Waals surface area (Å²) in [4.78, 5) is 1.34. The normalized spacial score (nSPS) is 10.9. The number of nitrogens with zero attached hydrogens (tertiary/aromatic N) is 2. The van der Waals surface area contributed by atoms with Gasteiger partial charge in [-0.1, -0.05) is 6.07 Å². The molecule has 0 amide bonds. The van der Waals surface area contributed by atoms with E-state index in [-0.39, 0.29) is 0 Å². The third-order valence-electron chi connectivity index (χ3n) is 2.41. The van der Waals surface area contributed by atoms with Gasteiger partial charge in [0.15, 0.2) is 0 Å². The minimum Gasteiger partial charge on any atom is -0.383 e. The van der Waals surface area contributed by atoms with E-state index >= 15 is 0 Å². The van der Waals surface area contributed by atoms with Crippen molar-refractivity contribution in [1.82, 2.24) is 15.5 Å². The summed E-state index contributed by atoms with van der Waals surface area (Å²) in [6.45, 7) is 2.56. The van der Waals surface area contributed by atoms with E-state index in [9.17, 15) is 0 Å². The van der Waals surface area contributed by atoms with Crippen molar-refractivity contribution in [3.63, 3.8) is 0 Å². The van der Waals surface area contributed by atoms with Gasteiger partial charge in [-0.2, -0.15) is 0 Å². The van der Waals surface area contributed by atoms with Gasteiger partial charge in [0.05, 0.1) is 6.61 Å². The van der Waals surface area contributed by atoms with Gasteiger partial charge in [-0.15, -0.1) is 32.9 Å². The summed E-state index contributed by atoms with van der Waals surface area (Å²) in [6, 6.07) is 4.21. The Kier molecular flexibility index (Phi) is 5.73. The summed E-state index contributed by atoms with van der Waals surface area (Å²) in [7, 11) is 1.71. The molecule has 0 aliphatic carbocycles. The molecule has 0 aromatic carbocycles. The van der Waals surface area contributed by atoms with Gasteiger partial charge >= 0.3 is 0 Å². The van der Waals surface area contributed by atoms with Crippen LogP contribution in [0.4, 0.5) is 0 Å². The lowest BCUT2D eigenvalue weighted by Gasteiger charge is -2.00. The van der Waals surface area contributed by atoms with Crippen LogP contribution in [0.3, 0.4) is 0 Å². The van der Waals surface area contributed by atoms with Crippen LogP contribution in [0.5, 0.6) is 0 Å². The third-order valence-corrected chi connectivity index (χ3v) is 4.27. The molecule has 0 saturated carbocycles. The zero-order valence-corrected chi connectivity index (χ0v) is 12.0. The van der Waals surface area contributed by atoms with E-state index in [1.165, 1.54) is 4.88 Å². The van der Waals surface area contributed by atoms with Crippen LogP contribution in [0.25, 0.3) is 0 Å². The van der Waals surface area contributed by atoms with E-state index in [2.05, 4.69) is 33.0 Å². The van der Waals surface area contributed by atoms with Crippen LogP contribution in [0.1, 0.15) is 14.9 Å². The van der Waals surface area contributed by atoms with Gasteiger partial charge in [0.2, 0.25) is 0 Å². The first-order valence-corrected chi connectivity index (χ1v) is 7.61. The Bertz CT molecular complexity index is 442. The summed E-state index contributed by atoms with van der Waals surface area (Å²) in [5, 5.41) is 16.0. The van der Waals surface area contributed by atoms with Gasteiger partial charge < -0.3 is 10.1 Å². The molecule has 0 unspecified atom stereocenters. The maximum absolute atomic E-state index is 4.97. The molecular weight excluding hydrogens is 266 g/mol. The molecule has 0 saturated heterocycles. The fourth-order valence-corrected chi connectivity index (χ4v) is 3.19. The van der Waals surface area contributed by atoms with Crippen molar-refractivity contribution < 1.29 is 4.74 Å². The fourth-order valence-electron chi connectivity index (χ4n) is 1.52. The number of rotatable bonds is 8. The number of aromatic nitrogens is 2. The Morgan fingerprint density at radius 2 is 2.17 bits per heavy atom. The highest BCUT2D eigenvalue weighted by Crippen LogP contribution is 2.18. The number of ether oxygens (including phenoxy) is 1. The molecule has 4 nitrogen and oxygen atoms in total. The fraction of sp³-hybridized carbons (Fsp3) is 0.500. The van der Waals surface area contributed by atoms with Crippen LogP contribution in [-0.2, 0) is 17.6 Å². The van der Waals surface area contributed by atoms with Crippen LogP contribution in [-0.4, -0.2) is 37.0 Å². The second kappa shape index (κ2) is 7.58. The van der Waals surface area contributed by atoms with E-state index in [4.69, 9.17) is 4.74 Å². The molecule has 2 aromatic rings. The maximum Gasteiger partial charge on any atom is 0.122 e. The molecule has 0 bridgehead atoms. The van der Waals surface area contributed by atoms with Crippen molar-refractivity contribution in [2.24, 2.45) is 0 Å². The monoisotopic (exact) mass is 283 g/mol. The average Bonchev–Trinajstić information content (AvgIpc) is 3.02. The van der Waals surface area contributed by atoms with Crippen LogP contribution in [0.15, 0.2) is 17.5 Å². The van der Waals surface area contributed by atoms with E-state index in [0.29, 0.717) is 0 Å². The largest absolute Gasteiger partial charge is 0.383 e. The predicted molar refractivity (Wildman–Crippen MR) is 75.5 cm³/mol. The molecule has 0 atom stereocenters. The number of methoxy groups -OCH3 is 1. The Morgan fingerprint density at radius 3 is 2.94 bits per heavy atom. The molecule has 0 radical (unpaired) electrons. The topological polar surface area (TPSA) is 47.0 Å². The first-order chi connectivity index (χ1) is 8.88. The van der Waals surface area contributed by atoms with Crippen LogP contribution in [0, 0.1) is 0 Å². The molecule has 0 spiro atoms. The third kappa shape index (κ3) is 4.45. The van der Waals surface area contributed by atoms with Crippen molar-refractivity contribution in [2.75, 3.05) is 26.8 Å². The minimum atomic E-state index is 0.750. The quantitative estimate of drug-likeness (QED) is 0.753. The molecule has 0 aliphatic rings. The molecule has 0 fully saturated rings. The van der Waals surface area contributed by atoms with Gasteiger partial charge in [-0.25, -0.2) is 0 Å². The first kappa shape index (κ1) is 13.6. The molecule has 98 valence electrons. The number of thiophene rings is 1. The molecule has 1 N–H and O–H groups in total. The Hall–Kier alpha value is -0.820. The maximum atomic E-state index is 4.97. The van der Waals surface area contributed by atoms with Crippen LogP contribution in [0.2, 0.25) is 0 Å². The van der Waals surface area contributed by atoms with Crippen molar-refractivity contribution in [3.05, 3.63) is 32.4 Å². The van der Waals surface area contributed by atoms with Crippen LogP contribution >= 0.6 is 22.7 Å². The molecule has 2 rings (SSSR count). The summed E-state index contributed by atoms with van der Waals surface area (Å²) in [5.41, 5.74) is 0. The minimum absolute atomic E-state index is 0.750. The average molecular weight is 283 g/mol. The summed E-state index contributed by atoms with van der Waals surface area (Å²) in [6.07, 6.45) is 1.85. The van der Waals surface area contributed by atoms with Gasteiger partial charge in [0, 0.05) is 37.9 Å². The predicted octanol–water partition coefficient (Wildman–Crippen LogP) is 1.97. The lowest BCUT2D eigenvalue weighted by molar-refractivity contribution is 0.199. The summed E-state index contributed by atoms with van der Waals surface area (Å²) < 4.78 is 4.97. The smallest absolute Gasteiger partial charge is 0.122 e. The second-order valence-corrected chi connectivity index (χ2v) is 6.02. The van der Waals surface area contributed by atoms with E-state index < -0.39 is 0 Å². The summed E-state index contributed by atoms with van der Waals surface area (Å²) in [5.74, 6) is 0. The van der Waals surface area contributed by atoms with Gasteiger partial charge in [-0.05, 0) is 11.4 Å². The van der Waals surface area contributed by atoms with Crippen molar-refractivity contribution >= 4 is 22.7 Å². The van der Waals surface area contributed by atoms with Gasteiger partial charge in [0.1, 0.15) is 10.0 Å². The van der Waals surface area contributed by atoms with Crippen LogP contribution < -0.4 is 5.32 Å². The Morgan fingerprint density at radius 1 is 1.28 bits per heavy atom. The van der Waals surface area contributed by atoms with Crippen molar-refractivity contribution in [2.45, 2.75) is 12.8 Å². The zero-order valence-electron chi connectivity index (χ0n) is 10.4. The Balaban J connectivity index is 1.72. The second-order valence-electron chi connectivity index (χ2n) is 3.84. The zero-order chi connectivity index (χ0) is 12.6. The van der Waals surface area contributed by atoms with Crippen molar-refractivity contribution in [3.8, 4) is 0 Å². The van der Waals surface area contributed by atoms with Crippen molar-refractivity contribution in [1.29, 1.82) is 0 Å². The molecule has 18 heavy (non-hydrogen) atoms. The number of nitrogens with one attached hydrogen (secondary N) is 1. The van der Waals surface area contributed by atoms with Gasteiger partial charge in [0.25, 0.3) is 0 Å². The number of hydrogen-bond donors (Lipinski definition) is 1. The highest BCUT2D eigenvalue weighted by Gasteiger charge is 2.05. The molecule has 0 aliphatic heterocycles. The molecule has 2 heterocycles. The van der Waals surface area contributed by atoms with E-state index in [0.717, 1.165) is 42.6 Å². The highest BCUT2D eigenvalue weighted by atomic mass is 32.1. The summed E-state index contributed by atoms with van der Waals surface area (Å²) >= 11 is 3.47. The number of hydrogen-bond acceptors (Lipinski definition) is 6. The molecule has 6 heteroatoms. The molecule has 2 aromatic heterocycles. The first-order valence-electron chi connectivity index (χ1n) is 5.92. The standard InChI is InChI=1S/C12H17N3OS2/c1-16-7-6-13-5-4-11-14-15-12(18-11)9-10-3-2-8-17-10/h2-3,8,13H,4-7,9H2,1H3. The SMILES string of the molecule is COCCNCCc1nnc(Cc2cccs2)s1. The van der Waals surface area contributed by atoms with E-state index in [1.54, 1.807) is 29.8 Å². The lowest BCUT2D eigenvalue weighted by Crippen LogP contribution is -2.21. The Labute approximate surface area is 115 Å². The van der Waals surface area contributed by atoms with E-state index in [1.807, 2.05) is 0 Å². The molecular formula is C12H17N3OS2. The van der Waals surface area contributed by atoms with Gasteiger partial charge in [-0.3, -0.25) is 0 Å².